The molecule has 0 saturated heterocycles. The zero-order valence-corrected chi connectivity index (χ0v) is 19.0. The lowest BCUT2D eigenvalue weighted by Gasteiger charge is -2.29. The van der Waals surface area contributed by atoms with E-state index in [1.807, 2.05) is 52.0 Å². The van der Waals surface area contributed by atoms with E-state index < -0.39 is 5.54 Å². The summed E-state index contributed by atoms with van der Waals surface area (Å²) in [7, 11) is 4.72. The lowest BCUT2D eigenvalue weighted by molar-refractivity contribution is -0.0421. The second-order valence-electron chi connectivity index (χ2n) is 8.58. The maximum Gasteiger partial charge on any atom is 0.198 e. The summed E-state index contributed by atoms with van der Waals surface area (Å²) in [5.74, 6) is 1.53. The summed E-state index contributed by atoms with van der Waals surface area (Å²) >= 11 is 0. The van der Waals surface area contributed by atoms with Crippen LogP contribution in [0.1, 0.15) is 34.1 Å². The van der Waals surface area contributed by atoms with Crippen LogP contribution in [0.5, 0.6) is 5.75 Å². The molecule has 0 saturated carbocycles. The number of nitrogens with zero attached hydrogens (tertiary/aromatic N) is 1. The van der Waals surface area contributed by atoms with Gasteiger partial charge in [0.15, 0.2) is 11.6 Å². The molecule has 0 fully saturated rings. The SMILES string of the molecule is BC(C)(P)OCCC(C)(C)OCCN1/C(=C/C(C)(N)C=C)Oc2ccccc21. The predicted octanol–water partition coefficient (Wildman–Crippen LogP) is 3.01. The van der Waals surface area contributed by atoms with Crippen molar-refractivity contribution in [2.24, 2.45) is 5.73 Å². The summed E-state index contributed by atoms with van der Waals surface area (Å²) in [6, 6.07) is 7.96. The van der Waals surface area contributed by atoms with Crippen molar-refractivity contribution in [3.8, 4) is 5.75 Å². The Morgan fingerprint density at radius 3 is 2.54 bits per heavy atom. The van der Waals surface area contributed by atoms with Crippen molar-refractivity contribution >= 4 is 22.8 Å². The third-order valence-electron chi connectivity index (χ3n) is 4.50. The lowest BCUT2D eigenvalue weighted by Crippen LogP contribution is -2.36. The highest BCUT2D eigenvalue weighted by atomic mass is 31.0. The van der Waals surface area contributed by atoms with Crippen LogP contribution in [0.4, 0.5) is 5.69 Å². The molecule has 0 aromatic heterocycles. The topological polar surface area (TPSA) is 57.0 Å². The molecule has 1 aromatic rings. The van der Waals surface area contributed by atoms with Crippen molar-refractivity contribution in [3.63, 3.8) is 0 Å². The summed E-state index contributed by atoms with van der Waals surface area (Å²) in [6.07, 6.45) is 4.41. The summed E-state index contributed by atoms with van der Waals surface area (Å²) in [5, 5.41) is -0.216. The van der Waals surface area contributed by atoms with E-state index in [4.69, 9.17) is 19.9 Å². The van der Waals surface area contributed by atoms with E-state index in [1.54, 1.807) is 6.08 Å². The van der Waals surface area contributed by atoms with Gasteiger partial charge in [-0.3, -0.25) is 0 Å². The Kier molecular flexibility index (Phi) is 7.38. The number of rotatable bonds is 10. The van der Waals surface area contributed by atoms with E-state index in [1.165, 1.54) is 0 Å². The van der Waals surface area contributed by atoms with E-state index in [2.05, 4.69) is 34.6 Å². The Hall–Kier alpha value is -1.33. The fourth-order valence-electron chi connectivity index (χ4n) is 2.76. The van der Waals surface area contributed by atoms with Crippen molar-refractivity contribution in [1.82, 2.24) is 0 Å². The fourth-order valence-corrected chi connectivity index (χ4v) is 2.88. The van der Waals surface area contributed by atoms with Gasteiger partial charge < -0.3 is 24.8 Å². The normalized spacial score (nSPS) is 19.6. The molecular weight excluding hydrogens is 370 g/mol. The first-order valence-electron chi connectivity index (χ1n) is 9.69. The second-order valence-corrected chi connectivity index (χ2v) is 9.97. The van der Waals surface area contributed by atoms with Gasteiger partial charge in [-0.05, 0) is 52.3 Å². The number of hydrogen-bond acceptors (Lipinski definition) is 5. The predicted molar refractivity (Wildman–Crippen MR) is 123 cm³/mol. The van der Waals surface area contributed by atoms with Crippen LogP contribution >= 0.6 is 9.24 Å². The molecule has 1 aliphatic heterocycles. The van der Waals surface area contributed by atoms with Crippen LogP contribution in [-0.2, 0) is 9.47 Å². The number of para-hydroxylation sites is 2. The molecule has 3 unspecified atom stereocenters. The van der Waals surface area contributed by atoms with Gasteiger partial charge in [-0.15, -0.1) is 15.8 Å². The Morgan fingerprint density at radius 1 is 1.21 bits per heavy atom. The maximum atomic E-state index is 6.23. The van der Waals surface area contributed by atoms with Gasteiger partial charge in [0.2, 0.25) is 0 Å². The Balaban J connectivity index is 2.00. The fraction of sp³-hybridized carbons (Fsp3) is 0.524. The van der Waals surface area contributed by atoms with E-state index in [0.717, 1.165) is 17.9 Å². The van der Waals surface area contributed by atoms with Crippen LogP contribution in [0.25, 0.3) is 0 Å². The van der Waals surface area contributed by atoms with Crippen molar-refractivity contribution < 1.29 is 14.2 Å². The molecule has 3 atom stereocenters. The van der Waals surface area contributed by atoms with Gasteiger partial charge >= 0.3 is 0 Å². The largest absolute Gasteiger partial charge is 0.439 e. The minimum atomic E-state index is -0.655. The van der Waals surface area contributed by atoms with Gasteiger partial charge in [-0.2, -0.15) is 0 Å². The van der Waals surface area contributed by atoms with Gasteiger partial charge in [-0.25, -0.2) is 0 Å². The molecule has 28 heavy (non-hydrogen) atoms. The zero-order valence-electron chi connectivity index (χ0n) is 17.8. The summed E-state index contributed by atoms with van der Waals surface area (Å²) in [5.41, 5.74) is 6.32. The maximum absolute atomic E-state index is 6.23. The molecule has 0 bridgehead atoms. The van der Waals surface area contributed by atoms with Crippen LogP contribution in [0, 0.1) is 0 Å². The van der Waals surface area contributed by atoms with E-state index in [-0.39, 0.29) is 10.8 Å². The molecule has 0 spiro atoms. The Bertz CT molecular complexity index is 714. The van der Waals surface area contributed by atoms with Crippen molar-refractivity contribution in [2.45, 2.75) is 50.5 Å². The first-order chi connectivity index (χ1) is 12.9. The summed E-state index contributed by atoms with van der Waals surface area (Å²) < 4.78 is 18.0. The van der Waals surface area contributed by atoms with Gasteiger partial charge in [0, 0.05) is 18.4 Å². The van der Waals surface area contributed by atoms with Crippen LogP contribution < -0.4 is 15.4 Å². The smallest absolute Gasteiger partial charge is 0.198 e. The first kappa shape index (κ1) is 23.0. The molecule has 2 rings (SSSR count). The summed E-state index contributed by atoms with van der Waals surface area (Å²) in [6.45, 7) is 13.8. The van der Waals surface area contributed by atoms with Crippen LogP contribution in [-0.4, -0.2) is 44.0 Å². The molecule has 0 amide bonds. The number of hydrogen-bond donors (Lipinski definition) is 1. The van der Waals surface area contributed by atoms with E-state index >= 15 is 0 Å². The monoisotopic (exact) mass is 404 g/mol. The molecule has 7 heteroatoms. The quantitative estimate of drug-likeness (QED) is 0.369. The van der Waals surface area contributed by atoms with Crippen molar-refractivity contribution in [2.75, 3.05) is 24.7 Å². The third kappa shape index (κ3) is 6.93. The average molecular weight is 404 g/mol. The average Bonchev–Trinajstić information content (AvgIpc) is 2.90. The van der Waals surface area contributed by atoms with Gasteiger partial charge in [-0.1, -0.05) is 18.2 Å². The molecule has 1 aromatic carbocycles. The van der Waals surface area contributed by atoms with Crippen molar-refractivity contribution in [3.05, 3.63) is 48.9 Å². The minimum Gasteiger partial charge on any atom is -0.439 e. The van der Waals surface area contributed by atoms with E-state index in [9.17, 15) is 0 Å². The summed E-state index contributed by atoms with van der Waals surface area (Å²) in [4.78, 5) is 2.10. The molecule has 154 valence electrons. The third-order valence-corrected chi connectivity index (χ3v) is 4.66. The molecule has 5 nitrogen and oxygen atoms in total. The molecule has 1 aliphatic rings. The zero-order chi connectivity index (χ0) is 21.0. The number of ether oxygens (including phenoxy) is 3. The van der Waals surface area contributed by atoms with Gasteiger partial charge in [0.05, 0.1) is 23.4 Å². The second kappa shape index (κ2) is 9.00. The van der Waals surface area contributed by atoms with E-state index in [0.29, 0.717) is 25.6 Å². The molecule has 0 aliphatic carbocycles. The highest BCUT2D eigenvalue weighted by Crippen LogP contribution is 2.39. The number of nitrogens with two attached hydrogens (primary N) is 1. The Morgan fingerprint density at radius 2 is 1.89 bits per heavy atom. The minimum absolute atomic E-state index is 0.216. The number of fused-ring (bicyclic) bond motifs is 1. The standard InChI is InChI=1S/C21H34BN2O3P/c1-6-20(4,23)15-18-24(16-9-7-8-10-17(16)27-18)12-14-25-19(2,3)11-13-26-21(5,22)28/h6-10,15H,1,11-14,22-23,28H2,2-5H3/b18-15-. The Labute approximate surface area is 172 Å². The number of anilines is 1. The highest BCUT2D eigenvalue weighted by Gasteiger charge is 2.29. The number of benzene rings is 1. The van der Waals surface area contributed by atoms with Crippen LogP contribution in [0.2, 0.25) is 0 Å². The molecular formula is C21H34BN2O3P. The van der Waals surface area contributed by atoms with Crippen LogP contribution in [0.15, 0.2) is 48.9 Å². The van der Waals surface area contributed by atoms with Crippen LogP contribution in [0.3, 0.4) is 0 Å². The highest BCUT2D eigenvalue weighted by molar-refractivity contribution is 7.21. The lowest BCUT2D eigenvalue weighted by atomic mass is 10.0. The molecule has 1 heterocycles. The molecule has 0 radical (unpaired) electrons. The molecule has 2 N–H and O–H groups in total. The van der Waals surface area contributed by atoms with Gasteiger partial charge in [0.1, 0.15) is 7.85 Å². The first-order valence-corrected chi connectivity index (χ1v) is 10.3. The van der Waals surface area contributed by atoms with Gasteiger partial charge in [0.25, 0.3) is 0 Å². The van der Waals surface area contributed by atoms with Crippen molar-refractivity contribution in [1.29, 1.82) is 0 Å².